The fraction of sp³-hybridized carbons (Fsp3) is 0.250. The molecule has 2 aromatic heterocycles. The predicted molar refractivity (Wildman–Crippen MR) is 120 cm³/mol. The van der Waals surface area contributed by atoms with E-state index in [-0.39, 0.29) is 11.7 Å². The summed E-state index contributed by atoms with van der Waals surface area (Å²) in [4.78, 5) is 21.7. The fourth-order valence-electron chi connectivity index (χ4n) is 3.30. The molecule has 2 atom stereocenters. The third-order valence-electron chi connectivity index (χ3n) is 5.15. The van der Waals surface area contributed by atoms with Crippen LogP contribution in [0, 0.1) is 5.82 Å². The van der Waals surface area contributed by atoms with E-state index in [0.29, 0.717) is 17.9 Å². The fourth-order valence-corrected chi connectivity index (χ4v) is 3.30. The molecule has 0 radical (unpaired) electrons. The van der Waals surface area contributed by atoms with Crippen LogP contribution in [0.25, 0.3) is 16.9 Å². The Morgan fingerprint density at radius 3 is 2.64 bits per heavy atom. The number of fused-ring (bicyclic) bond motifs is 1. The number of ether oxygens (including phenoxy) is 2. The standard InChI is InChI=1S/C24H24FN5O3/c1-4-20(33-21-8-6-5-7-18(21)25)24(31)27-15(2)23-28-22-13-19(26-14-30(22)29-23)16-9-11-17(32-3)12-10-16/h5-15,20H,4H2,1-3H3,(H,27,31)/t15-,20-/m1/s1. The zero-order valence-corrected chi connectivity index (χ0v) is 18.5. The maximum Gasteiger partial charge on any atom is 0.261 e. The Hall–Kier alpha value is -4.01. The van der Waals surface area contributed by atoms with Crippen LogP contribution in [0.4, 0.5) is 4.39 Å². The molecule has 8 nitrogen and oxygen atoms in total. The lowest BCUT2D eigenvalue weighted by Gasteiger charge is -2.19. The summed E-state index contributed by atoms with van der Waals surface area (Å²) in [7, 11) is 1.62. The molecule has 0 saturated carbocycles. The van der Waals surface area contributed by atoms with Crippen LogP contribution < -0.4 is 14.8 Å². The van der Waals surface area contributed by atoms with E-state index in [0.717, 1.165) is 17.0 Å². The van der Waals surface area contributed by atoms with Crippen LogP contribution in [-0.2, 0) is 4.79 Å². The number of nitrogens with one attached hydrogen (secondary N) is 1. The largest absolute Gasteiger partial charge is 0.497 e. The molecule has 1 amide bonds. The second-order valence-electron chi connectivity index (χ2n) is 7.45. The Morgan fingerprint density at radius 2 is 1.94 bits per heavy atom. The maximum absolute atomic E-state index is 13.9. The average Bonchev–Trinajstić information content (AvgIpc) is 3.27. The number of carbonyl (C=O) groups excluding carboxylic acids is 1. The molecule has 0 bridgehead atoms. The summed E-state index contributed by atoms with van der Waals surface area (Å²) in [6.45, 7) is 3.57. The van der Waals surface area contributed by atoms with E-state index in [1.807, 2.05) is 30.3 Å². The first-order valence-electron chi connectivity index (χ1n) is 10.6. The van der Waals surface area contributed by atoms with Gasteiger partial charge in [0.15, 0.2) is 29.1 Å². The van der Waals surface area contributed by atoms with Crippen LogP contribution in [0.3, 0.4) is 0 Å². The number of para-hydroxylation sites is 1. The van der Waals surface area contributed by atoms with Gasteiger partial charge in [0.05, 0.1) is 18.8 Å². The number of aromatic nitrogens is 4. The van der Waals surface area contributed by atoms with Gasteiger partial charge in [0, 0.05) is 11.6 Å². The molecule has 4 aromatic rings. The van der Waals surface area contributed by atoms with Gasteiger partial charge >= 0.3 is 0 Å². The van der Waals surface area contributed by atoms with E-state index >= 15 is 0 Å². The molecule has 0 aliphatic rings. The summed E-state index contributed by atoms with van der Waals surface area (Å²) < 4.78 is 26.2. The summed E-state index contributed by atoms with van der Waals surface area (Å²) in [6, 6.07) is 14.9. The molecule has 9 heteroatoms. The molecule has 0 saturated heterocycles. The van der Waals surface area contributed by atoms with E-state index in [2.05, 4.69) is 20.4 Å². The van der Waals surface area contributed by atoms with Gasteiger partial charge in [-0.3, -0.25) is 4.79 Å². The second-order valence-corrected chi connectivity index (χ2v) is 7.45. The first-order valence-corrected chi connectivity index (χ1v) is 10.6. The van der Waals surface area contributed by atoms with Gasteiger partial charge in [-0.15, -0.1) is 5.10 Å². The Kier molecular flexibility index (Phi) is 6.48. The lowest BCUT2D eigenvalue weighted by atomic mass is 10.1. The van der Waals surface area contributed by atoms with Crippen molar-refractivity contribution >= 4 is 11.6 Å². The number of halogens is 1. The highest BCUT2D eigenvalue weighted by molar-refractivity contribution is 5.81. The summed E-state index contributed by atoms with van der Waals surface area (Å²) >= 11 is 0. The van der Waals surface area contributed by atoms with Gasteiger partial charge in [0.25, 0.3) is 5.91 Å². The molecular formula is C24H24FN5O3. The number of nitrogens with zero attached hydrogens (tertiary/aromatic N) is 4. The van der Waals surface area contributed by atoms with E-state index in [1.165, 1.54) is 12.1 Å². The Balaban J connectivity index is 1.48. The number of benzene rings is 2. The summed E-state index contributed by atoms with van der Waals surface area (Å²) in [5.74, 6) is 0.342. The Labute approximate surface area is 190 Å². The van der Waals surface area contributed by atoms with Gasteiger partial charge in [-0.05, 0) is 49.7 Å². The monoisotopic (exact) mass is 449 g/mol. The number of hydrogen-bond acceptors (Lipinski definition) is 6. The van der Waals surface area contributed by atoms with E-state index in [1.54, 1.807) is 43.9 Å². The minimum atomic E-state index is -0.843. The molecule has 0 fully saturated rings. The van der Waals surface area contributed by atoms with Gasteiger partial charge in [0.2, 0.25) is 0 Å². The van der Waals surface area contributed by atoms with Crippen LogP contribution in [0.5, 0.6) is 11.5 Å². The van der Waals surface area contributed by atoms with Crippen molar-refractivity contribution in [3.63, 3.8) is 0 Å². The average molecular weight is 449 g/mol. The van der Waals surface area contributed by atoms with Gasteiger partial charge < -0.3 is 14.8 Å². The van der Waals surface area contributed by atoms with Crippen molar-refractivity contribution < 1.29 is 18.7 Å². The van der Waals surface area contributed by atoms with Gasteiger partial charge in [-0.2, -0.15) is 0 Å². The third kappa shape index (κ3) is 4.92. The van der Waals surface area contributed by atoms with Crippen LogP contribution in [0.2, 0.25) is 0 Å². The van der Waals surface area contributed by atoms with Crippen molar-refractivity contribution in [1.82, 2.24) is 24.9 Å². The zero-order chi connectivity index (χ0) is 23.4. The van der Waals surface area contributed by atoms with Gasteiger partial charge in [-0.25, -0.2) is 18.9 Å². The molecule has 33 heavy (non-hydrogen) atoms. The third-order valence-corrected chi connectivity index (χ3v) is 5.15. The lowest BCUT2D eigenvalue weighted by molar-refractivity contribution is -0.128. The molecule has 2 heterocycles. The van der Waals surface area contributed by atoms with Gasteiger partial charge in [0.1, 0.15) is 12.1 Å². The SMILES string of the molecule is CC[C@@H](Oc1ccccc1F)C(=O)N[C@H](C)c1nc2cc(-c3ccc(OC)cc3)ncn2n1. The first-order chi connectivity index (χ1) is 16.0. The number of methoxy groups -OCH3 is 1. The van der Waals surface area contributed by atoms with Crippen LogP contribution in [-0.4, -0.2) is 38.7 Å². The quantitative estimate of drug-likeness (QED) is 0.438. The topological polar surface area (TPSA) is 90.6 Å². The van der Waals surface area contributed by atoms with E-state index < -0.39 is 18.0 Å². The summed E-state index contributed by atoms with van der Waals surface area (Å²) in [5, 5.41) is 7.27. The highest BCUT2D eigenvalue weighted by atomic mass is 19.1. The molecule has 0 aliphatic carbocycles. The molecular weight excluding hydrogens is 425 g/mol. The molecule has 0 aliphatic heterocycles. The van der Waals surface area contributed by atoms with Crippen molar-refractivity contribution in [3.05, 3.63) is 72.6 Å². The molecule has 0 spiro atoms. The van der Waals surface area contributed by atoms with Crippen molar-refractivity contribution in [1.29, 1.82) is 0 Å². The maximum atomic E-state index is 13.9. The lowest BCUT2D eigenvalue weighted by Crippen LogP contribution is -2.39. The first kappa shape index (κ1) is 22.2. The van der Waals surface area contributed by atoms with Crippen molar-refractivity contribution in [2.75, 3.05) is 7.11 Å². The molecule has 1 N–H and O–H groups in total. The number of rotatable bonds is 8. The Morgan fingerprint density at radius 1 is 1.18 bits per heavy atom. The van der Waals surface area contributed by atoms with Crippen molar-refractivity contribution in [2.24, 2.45) is 0 Å². The number of carbonyl (C=O) groups is 1. The van der Waals surface area contributed by atoms with E-state index in [9.17, 15) is 9.18 Å². The molecule has 170 valence electrons. The molecule has 2 aromatic carbocycles. The smallest absolute Gasteiger partial charge is 0.261 e. The highest BCUT2D eigenvalue weighted by Gasteiger charge is 2.23. The minimum absolute atomic E-state index is 0.0372. The molecule has 4 rings (SSSR count). The normalized spacial score (nSPS) is 12.8. The minimum Gasteiger partial charge on any atom is -0.497 e. The molecule has 0 unspecified atom stereocenters. The highest BCUT2D eigenvalue weighted by Crippen LogP contribution is 2.22. The second kappa shape index (κ2) is 9.64. The summed E-state index contributed by atoms with van der Waals surface area (Å²) in [5.41, 5.74) is 2.26. The van der Waals surface area contributed by atoms with Crippen LogP contribution >= 0.6 is 0 Å². The summed E-state index contributed by atoms with van der Waals surface area (Å²) in [6.07, 6.45) is 1.11. The Bertz CT molecular complexity index is 1260. The van der Waals surface area contributed by atoms with Crippen LogP contribution in [0.1, 0.15) is 32.1 Å². The zero-order valence-electron chi connectivity index (χ0n) is 18.5. The number of amides is 1. The predicted octanol–water partition coefficient (Wildman–Crippen LogP) is 3.97. The van der Waals surface area contributed by atoms with E-state index in [4.69, 9.17) is 9.47 Å². The van der Waals surface area contributed by atoms with Crippen molar-refractivity contribution in [2.45, 2.75) is 32.4 Å². The number of hydrogen-bond donors (Lipinski definition) is 1. The van der Waals surface area contributed by atoms with Crippen molar-refractivity contribution in [3.8, 4) is 22.8 Å². The van der Waals surface area contributed by atoms with Gasteiger partial charge in [-0.1, -0.05) is 19.1 Å². The van der Waals surface area contributed by atoms with Crippen LogP contribution in [0.15, 0.2) is 60.9 Å².